The third-order valence-electron chi connectivity index (χ3n) is 3.33. The van der Waals surface area contributed by atoms with E-state index in [2.05, 4.69) is 15.5 Å². The number of hydrogen-bond donors (Lipinski definition) is 1. The summed E-state index contributed by atoms with van der Waals surface area (Å²) in [7, 11) is 1.60. The number of ether oxygens (including phenoxy) is 1. The topological polar surface area (TPSA) is 77.3 Å². The minimum atomic E-state index is -0.287. The molecule has 122 valence electrons. The Labute approximate surface area is 143 Å². The highest BCUT2D eigenvalue weighted by molar-refractivity contribution is 7.98. The molecule has 1 aromatic heterocycles. The third kappa shape index (κ3) is 3.41. The molecule has 1 amide bonds. The maximum atomic E-state index is 12.4. The minimum Gasteiger partial charge on any atom is -0.497 e. The van der Waals surface area contributed by atoms with E-state index < -0.39 is 0 Å². The van der Waals surface area contributed by atoms with Crippen molar-refractivity contribution in [2.24, 2.45) is 0 Å². The van der Waals surface area contributed by atoms with Gasteiger partial charge < -0.3 is 9.15 Å². The molecular weight excluding hydrogens is 326 g/mol. The monoisotopic (exact) mass is 341 g/mol. The van der Waals surface area contributed by atoms with Gasteiger partial charge in [-0.05, 0) is 42.7 Å². The van der Waals surface area contributed by atoms with Gasteiger partial charge in [-0.1, -0.05) is 17.2 Å². The highest BCUT2D eigenvalue weighted by atomic mass is 32.2. The molecule has 0 fully saturated rings. The first-order chi connectivity index (χ1) is 11.7. The van der Waals surface area contributed by atoms with Crippen molar-refractivity contribution in [3.63, 3.8) is 0 Å². The van der Waals surface area contributed by atoms with Crippen LogP contribution in [0.3, 0.4) is 0 Å². The van der Waals surface area contributed by atoms with Crippen LogP contribution in [0.1, 0.15) is 10.4 Å². The van der Waals surface area contributed by atoms with Crippen LogP contribution in [-0.2, 0) is 0 Å². The fourth-order valence-corrected chi connectivity index (χ4v) is 2.72. The molecule has 0 aliphatic carbocycles. The number of benzene rings is 2. The third-order valence-corrected chi connectivity index (χ3v) is 4.13. The number of rotatable bonds is 5. The lowest BCUT2D eigenvalue weighted by atomic mass is 10.2. The lowest BCUT2D eigenvalue weighted by Crippen LogP contribution is -2.13. The van der Waals surface area contributed by atoms with Crippen LogP contribution < -0.4 is 10.1 Å². The molecular formula is C17H15N3O3S. The van der Waals surface area contributed by atoms with Gasteiger partial charge in [-0.2, -0.15) is 0 Å². The number of nitrogens with one attached hydrogen (secondary N) is 1. The highest BCUT2D eigenvalue weighted by Crippen LogP contribution is 2.24. The van der Waals surface area contributed by atoms with Crippen molar-refractivity contribution in [3.05, 3.63) is 54.1 Å². The van der Waals surface area contributed by atoms with Crippen LogP contribution in [0.15, 0.2) is 57.8 Å². The van der Waals surface area contributed by atoms with E-state index in [-0.39, 0.29) is 11.9 Å². The zero-order chi connectivity index (χ0) is 16.9. The zero-order valence-corrected chi connectivity index (χ0v) is 14.0. The summed E-state index contributed by atoms with van der Waals surface area (Å²) in [5, 5.41) is 10.5. The Balaban J connectivity index is 1.77. The molecule has 2 aromatic carbocycles. The van der Waals surface area contributed by atoms with E-state index in [1.807, 2.05) is 24.5 Å². The van der Waals surface area contributed by atoms with E-state index in [0.29, 0.717) is 11.5 Å². The Morgan fingerprint density at radius 2 is 1.88 bits per heavy atom. The van der Waals surface area contributed by atoms with Gasteiger partial charge >= 0.3 is 6.01 Å². The van der Waals surface area contributed by atoms with Crippen molar-refractivity contribution in [1.82, 2.24) is 10.2 Å². The van der Waals surface area contributed by atoms with Crippen molar-refractivity contribution in [2.45, 2.75) is 4.90 Å². The van der Waals surface area contributed by atoms with Gasteiger partial charge in [0.2, 0.25) is 5.89 Å². The fourth-order valence-electron chi connectivity index (χ4n) is 2.12. The number of nitrogens with zero attached hydrogens (tertiary/aromatic N) is 2. The molecule has 1 N–H and O–H groups in total. The quantitative estimate of drug-likeness (QED) is 0.713. The molecule has 0 aliphatic heterocycles. The molecule has 0 aliphatic rings. The SMILES string of the molecule is COc1ccc(-c2nnc(NC(=O)c3ccccc3SC)o2)cc1. The van der Waals surface area contributed by atoms with Crippen LogP contribution in [-0.4, -0.2) is 29.5 Å². The Hall–Kier alpha value is -2.80. The summed E-state index contributed by atoms with van der Waals surface area (Å²) in [6, 6.07) is 14.6. The van der Waals surface area contributed by atoms with Gasteiger partial charge in [-0.15, -0.1) is 16.9 Å². The van der Waals surface area contributed by atoms with Crippen LogP contribution in [0.5, 0.6) is 5.75 Å². The van der Waals surface area contributed by atoms with E-state index in [4.69, 9.17) is 9.15 Å². The molecule has 3 aromatic rings. The van der Waals surface area contributed by atoms with E-state index in [0.717, 1.165) is 16.2 Å². The maximum absolute atomic E-state index is 12.4. The average molecular weight is 341 g/mol. The largest absolute Gasteiger partial charge is 0.497 e. The summed E-state index contributed by atoms with van der Waals surface area (Å²) >= 11 is 1.50. The van der Waals surface area contributed by atoms with E-state index in [1.54, 1.807) is 37.4 Å². The Morgan fingerprint density at radius 1 is 1.12 bits per heavy atom. The molecule has 0 spiro atoms. The number of hydrogen-bond acceptors (Lipinski definition) is 6. The normalized spacial score (nSPS) is 10.4. The Bertz CT molecular complexity index is 846. The molecule has 6 nitrogen and oxygen atoms in total. The van der Waals surface area contributed by atoms with Crippen molar-refractivity contribution in [3.8, 4) is 17.2 Å². The maximum Gasteiger partial charge on any atom is 0.322 e. The predicted molar refractivity (Wildman–Crippen MR) is 92.5 cm³/mol. The Kier molecular flexibility index (Phi) is 4.81. The summed E-state index contributed by atoms with van der Waals surface area (Å²) in [4.78, 5) is 13.2. The smallest absolute Gasteiger partial charge is 0.322 e. The number of amides is 1. The Morgan fingerprint density at radius 3 is 2.58 bits per heavy atom. The van der Waals surface area contributed by atoms with Crippen molar-refractivity contribution in [1.29, 1.82) is 0 Å². The summed E-state index contributed by atoms with van der Waals surface area (Å²) in [5.74, 6) is 0.774. The molecule has 0 bridgehead atoms. The first kappa shape index (κ1) is 16.1. The summed E-state index contributed by atoms with van der Waals surface area (Å²) in [5.41, 5.74) is 1.31. The average Bonchev–Trinajstić information content (AvgIpc) is 3.10. The fraction of sp³-hybridized carbons (Fsp3) is 0.118. The van der Waals surface area contributed by atoms with Gasteiger partial charge in [0, 0.05) is 10.5 Å². The summed E-state index contributed by atoms with van der Waals surface area (Å²) < 4.78 is 10.6. The number of carbonyl (C=O) groups is 1. The van der Waals surface area contributed by atoms with Crippen molar-refractivity contribution in [2.75, 3.05) is 18.7 Å². The number of methoxy groups -OCH3 is 1. The van der Waals surface area contributed by atoms with Crippen LogP contribution in [0, 0.1) is 0 Å². The standard InChI is InChI=1S/C17H15N3O3S/c1-22-12-9-7-11(8-10-12)16-19-20-17(23-16)18-15(21)13-5-3-4-6-14(13)24-2/h3-10H,1-2H3,(H,18,20,21). The number of aromatic nitrogens is 2. The van der Waals surface area contributed by atoms with Gasteiger partial charge in [0.05, 0.1) is 12.7 Å². The van der Waals surface area contributed by atoms with Crippen molar-refractivity contribution >= 4 is 23.7 Å². The molecule has 0 saturated heterocycles. The van der Waals surface area contributed by atoms with Crippen molar-refractivity contribution < 1.29 is 13.9 Å². The van der Waals surface area contributed by atoms with Crippen LogP contribution in [0.2, 0.25) is 0 Å². The molecule has 7 heteroatoms. The second-order valence-corrected chi connectivity index (χ2v) is 5.64. The van der Waals surface area contributed by atoms with Gasteiger partial charge in [-0.25, -0.2) is 0 Å². The van der Waals surface area contributed by atoms with Gasteiger partial charge in [0.15, 0.2) is 0 Å². The highest BCUT2D eigenvalue weighted by Gasteiger charge is 2.15. The van der Waals surface area contributed by atoms with Crippen LogP contribution in [0.4, 0.5) is 6.01 Å². The molecule has 3 rings (SSSR count). The lowest BCUT2D eigenvalue weighted by molar-refractivity contribution is 0.102. The number of carbonyl (C=O) groups excluding carboxylic acids is 1. The second kappa shape index (κ2) is 7.18. The first-order valence-corrected chi connectivity index (χ1v) is 8.36. The van der Waals surface area contributed by atoms with E-state index >= 15 is 0 Å². The number of thioether (sulfide) groups is 1. The molecule has 24 heavy (non-hydrogen) atoms. The lowest BCUT2D eigenvalue weighted by Gasteiger charge is -2.05. The van der Waals surface area contributed by atoms with Gasteiger partial charge in [-0.3, -0.25) is 10.1 Å². The summed E-state index contributed by atoms with van der Waals surface area (Å²) in [6.45, 7) is 0. The van der Waals surface area contributed by atoms with E-state index in [9.17, 15) is 4.79 Å². The van der Waals surface area contributed by atoms with E-state index in [1.165, 1.54) is 11.8 Å². The molecule has 0 saturated carbocycles. The predicted octanol–water partition coefficient (Wildman–Crippen LogP) is 3.72. The minimum absolute atomic E-state index is 0.0572. The molecule has 1 heterocycles. The second-order valence-electron chi connectivity index (χ2n) is 4.80. The first-order valence-electron chi connectivity index (χ1n) is 7.13. The van der Waals surface area contributed by atoms with Gasteiger partial charge in [0.25, 0.3) is 5.91 Å². The zero-order valence-electron chi connectivity index (χ0n) is 13.1. The van der Waals surface area contributed by atoms with Gasteiger partial charge in [0.1, 0.15) is 5.75 Å². The van der Waals surface area contributed by atoms with Crippen LogP contribution >= 0.6 is 11.8 Å². The molecule has 0 radical (unpaired) electrons. The molecule has 0 atom stereocenters. The molecule has 0 unspecified atom stereocenters. The summed E-state index contributed by atoms with van der Waals surface area (Å²) in [6.07, 6.45) is 1.92. The number of anilines is 1. The van der Waals surface area contributed by atoms with Crippen LogP contribution in [0.25, 0.3) is 11.5 Å².